The Morgan fingerprint density at radius 1 is 0.964 bits per heavy atom. The summed E-state index contributed by atoms with van der Waals surface area (Å²) < 4.78 is 0. The van der Waals surface area contributed by atoms with Gasteiger partial charge in [0.15, 0.2) is 0 Å². The van der Waals surface area contributed by atoms with E-state index in [2.05, 4.69) is 29.4 Å². The zero-order valence-corrected chi connectivity index (χ0v) is 16.9. The minimum atomic E-state index is -0.237. The number of nitrogens with one attached hydrogen (secondary N) is 2. The fraction of sp³-hybridized carbons (Fsp3) is 0.391. The Kier molecular flexibility index (Phi) is 6.34. The van der Waals surface area contributed by atoms with Crippen LogP contribution in [0.1, 0.15) is 31.4 Å². The third-order valence-corrected chi connectivity index (χ3v) is 5.44. The second kappa shape index (κ2) is 8.91. The molecule has 3 rings (SSSR count). The number of hydrogen-bond acceptors (Lipinski definition) is 3. The third-order valence-electron chi connectivity index (χ3n) is 5.44. The van der Waals surface area contributed by atoms with Crippen LogP contribution in [-0.4, -0.2) is 24.9 Å². The molecular weight excluding hydrogens is 350 g/mol. The lowest BCUT2D eigenvalue weighted by Crippen LogP contribution is -2.27. The lowest BCUT2D eigenvalue weighted by atomic mass is 10.1. The van der Waals surface area contributed by atoms with Crippen molar-refractivity contribution >= 4 is 23.2 Å². The molecular formula is C23H29N3O2. The summed E-state index contributed by atoms with van der Waals surface area (Å²) in [6.07, 6.45) is 0.614. The molecule has 148 valence electrons. The van der Waals surface area contributed by atoms with Crippen LogP contribution in [0.15, 0.2) is 48.5 Å². The van der Waals surface area contributed by atoms with Gasteiger partial charge in [-0.15, -0.1) is 0 Å². The zero-order valence-electron chi connectivity index (χ0n) is 16.9. The lowest BCUT2D eigenvalue weighted by molar-refractivity contribution is -0.125. The maximum Gasteiger partial charge on any atom is 0.228 e. The summed E-state index contributed by atoms with van der Waals surface area (Å²) in [6, 6.07) is 15.9. The van der Waals surface area contributed by atoms with Crippen molar-refractivity contribution < 1.29 is 9.59 Å². The number of hydrogen-bond donors (Lipinski definition) is 2. The molecule has 5 nitrogen and oxygen atoms in total. The molecule has 2 atom stereocenters. The highest BCUT2D eigenvalue weighted by molar-refractivity contribution is 5.99. The summed E-state index contributed by atoms with van der Waals surface area (Å²) >= 11 is 0. The predicted molar refractivity (Wildman–Crippen MR) is 113 cm³/mol. The SMILES string of the molecule is CCN(CC)c1ccc(NC(=O)C2CC2C(=O)NCc2ccccc2C)cc1. The van der Waals surface area contributed by atoms with Crippen LogP contribution in [0.5, 0.6) is 0 Å². The van der Waals surface area contributed by atoms with Crippen molar-refractivity contribution in [3.05, 3.63) is 59.7 Å². The summed E-state index contributed by atoms with van der Waals surface area (Å²) in [5.41, 5.74) is 4.17. The Morgan fingerprint density at radius 2 is 1.61 bits per heavy atom. The maximum absolute atomic E-state index is 12.4. The van der Waals surface area contributed by atoms with E-state index in [1.807, 2.05) is 55.5 Å². The highest BCUT2D eigenvalue weighted by Crippen LogP contribution is 2.39. The molecule has 1 aliphatic carbocycles. The van der Waals surface area contributed by atoms with Gasteiger partial charge in [0.2, 0.25) is 11.8 Å². The van der Waals surface area contributed by atoms with Crippen molar-refractivity contribution in [2.24, 2.45) is 11.8 Å². The van der Waals surface area contributed by atoms with E-state index in [1.165, 1.54) is 0 Å². The molecule has 2 N–H and O–H groups in total. The Bertz CT molecular complexity index is 828. The van der Waals surface area contributed by atoms with Crippen LogP contribution in [0.25, 0.3) is 0 Å². The summed E-state index contributed by atoms with van der Waals surface area (Å²) in [5.74, 6) is -0.579. The van der Waals surface area contributed by atoms with Gasteiger partial charge in [-0.1, -0.05) is 24.3 Å². The molecule has 0 bridgehead atoms. The molecule has 0 heterocycles. The van der Waals surface area contributed by atoms with Gasteiger partial charge in [0.1, 0.15) is 0 Å². The molecule has 0 aliphatic heterocycles. The largest absolute Gasteiger partial charge is 0.372 e. The van der Waals surface area contributed by atoms with Gasteiger partial charge in [0.05, 0.1) is 11.8 Å². The number of nitrogens with zero attached hydrogens (tertiary/aromatic N) is 1. The van der Waals surface area contributed by atoms with E-state index in [0.29, 0.717) is 13.0 Å². The molecule has 0 saturated heterocycles. The molecule has 2 aromatic carbocycles. The number of carbonyl (C=O) groups excluding carboxylic acids is 2. The van der Waals surface area contributed by atoms with E-state index in [0.717, 1.165) is 35.6 Å². The summed E-state index contributed by atoms with van der Waals surface area (Å²) in [7, 11) is 0. The fourth-order valence-corrected chi connectivity index (χ4v) is 3.48. The fourth-order valence-electron chi connectivity index (χ4n) is 3.48. The van der Waals surface area contributed by atoms with Crippen LogP contribution in [0.4, 0.5) is 11.4 Å². The molecule has 2 aromatic rings. The minimum Gasteiger partial charge on any atom is -0.372 e. The molecule has 5 heteroatoms. The van der Waals surface area contributed by atoms with Crippen LogP contribution in [0.2, 0.25) is 0 Å². The first kappa shape index (κ1) is 19.9. The molecule has 1 fully saturated rings. The molecule has 0 spiro atoms. The first-order chi connectivity index (χ1) is 13.5. The summed E-state index contributed by atoms with van der Waals surface area (Å²) in [6.45, 7) is 8.67. The Balaban J connectivity index is 1.48. The summed E-state index contributed by atoms with van der Waals surface area (Å²) in [5, 5.41) is 5.90. The second-order valence-electron chi connectivity index (χ2n) is 7.30. The average Bonchev–Trinajstić information content (AvgIpc) is 3.50. The van der Waals surface area contributed by atoms with Crippen LogP contribution < -0.4 is 15.5 Å². The van der Waals surface area contributed by atoms with E-state index in [-0.39, 0.29) is 23.7 Å². The normalized spacial score (nSPS) is 17.7. The highest BCUT2D eigenvalue weighted by atomic mass is 16.2. The Labute approximate surface area is 167 Å². The third kappa shape index (κ3) is 4.71. The molecule has 28 heavy (non-hydrogen) atoms. The van der Waals surface area contributed by atoms with E-state index >= 15 is 0 Å². The monoisotopic (exact) mass is 379 g/mol. The van der Waals surface area contributed by atoms with Crippen molar-refractivity contribution in [3.63, 3.8) is 0 Å². The van der Waals surface area contributed by atoms with E-state index in [4.69, 9.17) is 0 Å². The van der Waals surface area contributed by atoms with Crippen molar-refractivity contribution in [3.8, 4) is 0 Å². The van der Waals surface area contributed by atoms with Gasteiger partial charge in [-0.05, 0) is 62.6 Å². The quantitative estimate of drug-likeness (QED) is 0.735. The highest BCUT2D eigenvalue weighted by Gasteiger charge is 2.47. The second-order valence-corrected chi connectivity index (χ2v) is 7.30. The molecule has 2 unspecified atom stereocenters. The topological polar surface area (TPSA) is 61.4 Å². The standard InChI is InChI=1S/C23H29N3O2/c1-4-26(5-2)19-12-10-18(11-13-19)25-23(28)21-14-20(21)22(27)24-15-17-9-7-6-8-16(17)3/h6-13,20-21H,4-5,14-15H2,1-3H3,(H,24,27)(H,25,28). The summed E-state index contributed by atoms with van der Waals surface area (Å²) in [4.78, 5) is 27.0. The molecule has 1 saturated carbocycles. The van der Waals surface area contributed by atoms with Gasteiger partial charge in [-0.3, -0.25) is 9.59 Å². The average molecular weight is 380 g/mol. The molecule has 1 aliphatic rings. The molecule has 2 amide bonds. The van der Waals surface area contributed by atoms with E-state index < -0.39 is 0 Å². The van der Waals surface area contributed by atoms with Gasteiger partial charge in [-0.2, -0.15) is 0 Å². The number of carbonyl (C=O) groups is 2. The first-order valence-corrected chi connectivity index (χ1v) is 10.0. The van der Waals surface area contributed by atoms with Gasteiger partial charge in [-0.25, -0.2) is 0 Å². The van der Waals surface area contributed by atoms with Crippen molar-refractivity contribution in [1.82, 2.24) is 5.32 Å². The van der Waals surface area contributed by atoms with Crippen molar-refractivity contribution in [1.29, 1.82) is 0 Å². The predicted octanol–water partition coefficient (Wildman–Crippen LogP) is 3.73. The first-order valence-electron chi connectivity index (χ1n) is 10.0. The van der Waals surface area contributed by atoms with Gasteiger partial charge < -0.3 is 15.5 Å². The van der Waals surface area contributed by atoms with Crippen molar-refractivity contribution in [2.75, 3.05) is 23.3 Å². The van der Waals surface area contributed by atoms with Crippen molar-refractivity contribution in [2.45, 2.75) is 33.7 Å². The number of rotatable bonds is 8. The van der Waals surface area contributed by atoms with Gasteiger partial charge >= 0.3 is 0 Å². The van der Waals surface area contributed by atoms with Crippen LogP contribution in [-0.2, 0) is 16.1 Å². The van der Waals surface area contributed by atoms with E-state index in [9.17, 15) is 9.59 Å². The van der Waals surface area contributed by atoms with E-state index in [1.54, 1.807) is 0 Å². The molecule has 0 aromatic heterocycles. The Morgan fingerprint density at radius 3 is 2.25 bits per heavy atom. The number of benzene rings is 2. The number of aryl methyl sites for hydroxylation is 1. The lowest BCUT2D eigenvalue weighted by Gasteiger charge is -2.21. The van der Waals surface area contributed by atoms with Gasteiger partial charge in [0, 0.05) is 31.0 Å². The Hall–Kier alpha value is -2.82. The minimum absolute atomic E-state index is 0.0414. The van der Waals surface area contributed by atoms with Gasteiger partial charge in [0.25, 0.3) is 0 Å². The maximum atomic E-state index is 12.4. The van der Waals surface area contributed by atoms with Crippen LogP contribution >= 0.6 is 0 Å². The van der Waals surface area contributed by atoms with Crippen LogP contribution in [0, 0.1) is 18.8 Å². The number of amides is 2. The smallest absolute Gasteiger partial charge is 0.228 e. The number of anilines is 2. The zero-order chi connectivity index (χ0) is 20.1. The van der Waals surface area contributed by atoms with Crippen LogP contribution in [0.3, 0.4) is 0 Å². The molecule has 0 radical (unpaired) electrons.